The number of nitrogens with zero attached hydrogens (tertiary/aromatic N) is 2. The van der Waals surface area contributed by atoms with Gasteiger partial charge >= 0.3 is 0 Å². The maximum absolute atomic E-state index is 5.91. The lowest BCUT2D eigenvalue weighted by atomic mass is 10.1. The van der Waals surface area contributed by atoms with Crippen molar-refractivity contribution in [1.29, 1.82) is 0 Å². The Morgan fingerprint density at radius 3 is 2.68 bits per heavy atom. The smallest absolute Gasteiger partial charge is 0.202 e. The van der Waals surface area contributed by atoms with Crippen LogP contribution in [0.4, 0.5) is 11.5 Å². The molecule has 2 aromatic rings. The molecule has 1 N–H and O–H groups in total. The molecule has 1 unspecified atom stereocenters. The number of para-hydroxylation sites is 1. The van der Waals surface area contributed by atoms with Crippen LogP contribution >= 0.6 is 35.7 Å². The Labute approximate surface area is 196 Å². The minimum atomic E-state index is -0.162. The molecule has 168 valence electrons. The lowest BCUT2D eigenvalue weighted by Crippen LogP contribution is -2.36. The van der Waals surface area contributed by atoms with Gasteiger partial charge in [0, 0.05) is 32.4 Å². The van der Waals surface area contributed by atoms with Crippen molar-refractivity contribution in [2.75, 3.05) is 39.9 Å². The lowest BCUT2D eigenvalue weighted by molar-refractivity contribution is -0.0431. The summed E-state index contributed by atoms with van der Waals surface area (Å²) in [6, 6.07) is 6.07. The van der Waals surface area contributed by atoms with Crippen LogP contribution in [0.15, 0.2) is 34.2 Å². The summed E-state index contributed by atoms with van der Waals surface area (Å²) in [5, 5.41) is 3.52. The van der Waals surface area contributed by atoms with Crippen LogP contribution in [-0.2, 0) is 14.2 Å². The van der Waals surface area contributed by atoms with Crippen LogP contribution < -0.4 is 10.1 Å². The van der Waals surface area contributed by atoms with Gasteiger partial charge in [-0.1, -0.05) is 24.8 Å². The summed E-state index contributed by atoms with van der Waals surface area (Å²) in [5.41, 5.74) is 0.942. The van der Waals surface area contributed by atoms with E-state index in [0.717, 1.165) is 33.5 Å². The molecular formula is C21H27N3O4S3. The number of fused-ring (bicyclic) bond motifs is 2. The summed E-state index contributed by atoms with van der Waals surface area (Å²) in [6.45, 7) is 3.34. The van der Waals surface area contributed by atoms with Gasteiger partial charge in [0.05, 0.1) is 29.0 Å². The summed E-state index contributed by atoms with van der Waals surface area (Å²) in [6.07, 6.45) is 2.76. The Morgan fingerprint density at radius 1 is 1.16 bits per heavy atom. The predicted molar refractivity (Wildman–Crippen MR) is 127 cm³/mol. The Balaban J connectivity index is 1.66. The van der Waals surface area contributed by atoms with Gasteiger partial charge in [0.1, 0.15) is 29.1 Å². The molecule has 0 spiro atoms. The number of ether oxygens (including phenoxy) is 4. The van der Waals surface area contributed by atoms with Crippen LogP contribution in [-0.4, -0.2) is 61.6 Å². The van der Waals surface area contributed by atoms with Crippen LogP contribution in [0.1, 0.15) is 18.7 Å². The zero-order valence-electron chi connectivity index (χ0n) is 18.0. The average Bonchev–Trinajstić information content (AvgIpc) is 3.13. The first-order valence-electron chi connectivity index (χ1n) is 10.1. The molecule has 3 heterocycles. The highest BCUT2D eigenvalue weighted by Gasteiger charge is 2.46. The Bertz CT molecular complexity index is 987. The maximum atomic E-state index is 5.91. The predicted octanol–water partition coefficient (Wildman–Crippen LogP) is 4.90. The fourth-order valence-electron chi connectivity index (χ4n) is 3.85. The largest absolute Gasteiger partial charge is 0.491 e. The van der Waals surface area contributed by atoms with Crippen molar-refractivity contribution in [2.24, 2.45) is 0 Å². The van der Waals surface area contributed by atoms with Gasteiger partial charge in [-0.2, -0.15) is 0 Å². The van der Waals surface area contributed by atoms with E-state index in [1.165, 1.54) is 0 Å². The summed E-state index contributed by atoms with van der Waals surface area (Å²) in [5.74, 6) is 1.58. The number of hydrogen-bond acceptors (Lipinski definition) is 9. The third kappa shape index (κ3) is 4.46. The van der Waals surface area contributed by atoms with Crippen molar-refractivity contribution in [3.63, 3.8) is 0 Å². The van der Waals surface area contributed by atoms with Crippen LogP contribution in [0.3, 0.4) is 0 Å². The molecule has 0 bridgehead atoms. The van der Waals surface area contributed by atoms with E-state index < -0.39 is 0 Å². The summed E-state index contributed by atoms with van der Waals surface area (Å²) in [7, 11) is 5.12. The SMILES string of the molecule is CCCOc1cccc2c1Nc1nc(=S)n([C@@H]3S[C@H](COC)C(OC)[C@@H]3OC)cc1S2. The number of aromatic nitrogens is 2. The number of rotatable bonds is 8. The Morgan fingerprint density at radius 2 is 1.97 bits per heavy atom. The van der Waals surface area contributed by atoms with E-state index in [4.69, 9.17) is 36.1 Å². The summed E-state index contributed by atoms with van der Waals surface area (Å²) in [4.78, 5) is 6.82. The molecule has 7 nitrogen and oxygen atoms in total. The van der Waals surface area contributed by atoms with Crippen LogP contribution in [0.2, 0.25) is 0 Å². The zero-order chi connectivity index (χ0) is 22.0. The van der Waals surface area contributed by atoms with Gasteiger partial charge in [-0.25, -0.2) is 4.98 Å². The van der Waals surface area contributed by atoms with E-state index in [-0.39, 0.29) is 22.8 Å². The minimum absolute atomic E-state index is 0.0541. The number of anilines is 2. The van der Waals surface area contributed by atoms with Crippen molar-refractivity contribution < 1.29 is 18.9 Å². The molecule has 1 saturated heterocycles. The Kier molecular flexibility index (Phi) is 7.45. The third-order valence-corrected chi connectivity index (χ3v) is 8.18. The first kappa shape index (κ1) is 22.9. The second kappa shape index (κ2) is 10.1. The van der Waals surface area contributed by atoms with E-state index in [9.17, 15) is 0 Å². The zero-order valence-corrected chi connectivity index (χ0v) is 20.4. The highest BCUT2D eigenvalue weighted by molar-refractivity contribution is 8.00. The summed E-state index contributed by atoms with van der Waals surface area (Å²) >= 11 is 9.09. The van der Waals surface area contributed by atoms with E-state index in [1.54, 1.807) is 44.9 Å². The van der Waals surface area contributed by atoms with E-state index in [2.05, 4.69) is 24.5 Å². The molecule has 2 aliphatic rings. The second-order valence-corrected chi connectivity index (χ2v) is 10.1. The standard InChI is InChI=1S/C21H27N3O4S3/c1-5-9-28-12-7-6-8-13-16(12)22-19-14(30-13)10-24(21(29)23-19)20-18(27-4)17(26-3)15(31-20)11-25-2/h6-8,10,15,17-18,20H,5,9,11H2,1-4H3,(H,22,23,29)/t15-,17?,18+,20-/m1/s1. The molecule has 2 aliphatic heterocycles. The van der Waals surface area contributed by atoms with Crippen molar-refractivity contribution >= 4 is 47.2 Å². The molecule has 0 amide bonds. The van der Waals surface area contributed by atoms with Gasteiger partial charge < -0.3 is 28.8 Å². The average molecular weight is 482 g/mol. The first-order valence-corrected chi connectivity index (χ1v) is 12.3. The molecule has 0 aliphatic carbocycles. The van der Waals surface area contributed by atoms with Crippen LogP contribution in [0.5, 0.6) is 5.75 Å². The molecule has 0 radical (unpaired) electrons. The van der Waals surface area contributed by atoms with Gasteiger partial charge in [-0.3, -0.25) is 0 Å². The van der Waals surface area contributed by atoms with Crippen LogP contribution in [0, 0.1) is 4.77 Å². The highest BCUT2D eigenvalue weighted by atomic mass is 32.2. The number of benzene rings is 1. The molecule has 10 heteroatoms. The second-order valence-electron chi connectivity index (χ2n) is 7.27. The number of methoxy groups -OCH3 is 3. The topological polar surface area (TPSA) is 66.8 Å². The fourth-order valence-corrected chi connectivity index (χ4v) is 6.88. The monoisotopic (exact) mass is 481 g/mol. The van der Waals surface area contributed by atoms with Crippen molar-refractivity contribution in [3.05, 3.63) is 29.2 Å². The minimum Gasteiger partial charge on any atom is -0.491 e. The lowest BCUT2D eigenvalue weighted by Gasteiger charge is -2.27. The molecule has 1 aromatic heterocycles. The number of thioether (sulfide) groups is 1. The molecule has 1 fully saturated rings. The third-order valence-electron chi connectivity index (χ3n) is 5.27. The number of hydrogen-bond donors (Lipinski definition) is 1. The van der Waals surface area contributed by atoms with Gasteiger partial charge in [0.2, 0.25) is 4.77 Å². The first-order chi connectivity index (χ1) is 15.1. The van der Waals surface area contributed by atoms with E-state index >= 15 is 0 Å². The summed E-state index contributed by atoms with van der Waals surface area (Å²) < 4.78 is 25.4. The van der Waals surface area contributed by atoms with Crippen LogP contribution in [0.25, 0.3) is 0 Å². The van der Waals surface area contributed by atoms with Gasteiger partial charge in [0.25, 0.3) is 0 Å². The molecule has 0 saturated carbocycles. The van der Waals surface area contributed by atoms with Crippen molar-refractivity contribution in [2.45, 2.75) is 46.0 Å². The number of nitrogens with one attached hydrogen (secondary N) is 1. The van der Waals surface area contributed by atoms with Crippen molar-refractivity contribution in [1.82, 2.24) is 9.55 Å². The highest BCUT2D eigenvalue weighted by Crippen LogP contribution is 2.49. The quantitative estimate of drug-likeness (QED) is 0.453. The molecule has 1 aromatic carbocycles. The molecule has 31 heavy (non-hydrogen) atoms. The van der Waals surface area contributed by atoms with E-state index in [0.29, 0.717) is 18.0 Å². The van der Waals surface area contributed by atoms with Crippen molar-refractivity contribution in [3.8, 4) is 5.75 Å². The van der Waals surface area contributed by atoms with Gasteiger partial charge in [-0.15, -0.1) is 11.8 Å². The fraction of sp³-hybridized carbons (Fsp3) is 0.524. The van der Waals surface area contributed by atoms with E-state index in [1.807, 2.05) is 16.7 Å². The molecule has 4 rings (SSSR count). The maximum Gasteiger partial charge on any atom is 0.202 e. The normalized spacial score (nSPS) is 24.4. The molecular weight excluding hydrogens is 454 g/mol. The Hall–Kier alpha value is -1.30. The molecule has 4 atom stereocenters. The van der Waals surface area contributed by atoms with Gasteiger partial charge in [0.15, 0.2) is 0 Å². The van der Waals surface area contributed by atoms with Gasteiger partial charge in [-0.05, 0) is 30.8 Å².